The van der Waals surface area contributed by atoms with E-state index in [0.29, 0.717) is 46.1 Å². The molecule has 8 heteroatoms. The zero-order valence-electron chi connectivity index (χ0n) is 22.7. The summed E-state index contributed by atoms with van der Waals surface area (Å²) in [5, 5.41) is 12.2. The lowest BCUT2D eigenvalue weighted by atomic mass is 9.98. The van der Waals surface area contributed by atoms with Gasteiger partial charge in [-0.2, -0.15) is 0 Å². The van der Waals surface area contributed by atoms with Crippen LogP contribution in [0.25, 0.3) is 21.5 Å². The fourth-order valence-electron chi connectivity index (χ4n) is 3.87. The Kier molecular flexibility index (Phi) is 9.71. The summed E-state index contributed by atoms with van der Waals surface area (Å²) in [6.45, 7) is 14.3. The van der Waals surface area contributed by atoms with Crippen molar-refractivity contribution in [2.24, 2.45) is 0 Å². The molecule has 39 heavy (non-hydrogen) atoms. The largest absolute Gasteiger partial charge is 0.488 e. The second-order valence-electron chi connectivity index (χ2n) is 9.32. The van der Waals surface area contributed by atoms with Crippen molar-refractivity contribution in [3.8, 4) is 11.5 Å². The molecular formula is C31H34O8. The van der Waals surface area contributed by atoms with E-state index >= 15 is 0 Å². The SMILES string of the molecule is C=C(C)C(=O)OC(CC)COc1c2ccccc2c(OCC(CC)OC(=O)C(=C)C)c2cc(C(=O)O)ccc12. The molecule has 0 bridgehead atoms. The Balaban J connectivity index is 2.08. The molecule has 2 unspecified atom stereocenters. The number of carbonyl (C=O) groups is 3. The van der Waals surface area contributed by atoms with Crippen LogP contribution in [0.5, 0.6) is 11.5 Å². The molecule has 0 radical (unpaired) electrons. The second-order valence-corrected chi connectivity index (χ2v) is 9.32. The van der Waals surface area contributed by atoms with E-state index in [4.69, 9.17) is 18.9 Å². The molecule has 0 aliphatic heterocycles. The molecule has 2 atom stereocenters. The van der Waals surface area contributed by atoms with E-state index in [1.54, 1.807) is 19.9 Å². The Morgan fingerprint density at radius 1 is 0.744 bits per heavy atom. The standard InChI is InChI=1S/C31H34O8/c1-7-21(38-30(34)18(3)4)16-36-27-23-11-9-10-12-24(23)28(26-15-20(29(32)33)13-14-25(26)27)37-17-22(8-2)39-31(35)19(5)6/h9-15,21-22H,3,5,7-8,16-17H2,1-2,4,6H3,(H,32,33). The van der Waals surface area contributed by atoms with Gasteiger partial charge in [-0.05, 0) is 44.9 Å². The second kappa shape index (κ2) is 13.0. The van der Waals surface area contributed by atoms with Gasteiger partial charge in [0.25, 0.3) is 0 Å². The Hall–Kier alpha value is -4.33. The van der Waals surface area contributed by atoms with Gasteiger partial charge in [-0.25, -0.2) is 14.4 Å². The highest BCUT2D eigenvalue weighted by atomic mass is 16.6. The fourth-order valence-corrected chi connectivity index (χ4v) is 3.87. The van der Waals surface area contributed by atoms with Crippen LogP contribution in [0.2, 0.25) is 0 Å². The maximum absolute atomic E-state index is 12.1. The van der Waals surface area contributed by atoms with E-state index < -0.39 is 30.1 Å². The summed E-state index contributed by atoms with van der Waals surface area (Å²) in [5.41, 5.74) is 0.666. The number of carboxylic acids is 1. The molecule has 0 heterocycles. The molecule has 3 rings (SSSR count). The van der Waals surface area contributed by atoms with E-state index in [-0.39, 0.29) is 24.4 Å². The monoisotopic (exact) mass is 534 g/mol. The maximum Gasteiger partial charge on any atom is 0.335 e. The van der Waals surface area contributed by atoms with Crippen LogP contribution < -0.4 is 9.47 Å². The van der Waals surface area contributed by atoms with Crippen LogP contribution in [0.3, 0.4) is 0 Å². The van der Waals surface area contributed by atoms with Crippen LogP contribution >= 0.6 is 0 Å². The van der Waals surface area contributed by atoms with Crippen LogP contribution in [0.4, 0.5) is 0 Å². The van der Waals surface area contributed by atoms with Gasteiger partial charge >= 0.3 is 17.9 Å². The summed E-state index contributed by atoms with van der Waals surface area (Å²) in [6.07, 6.45) is -0.00125. The zero-order valence-corrected chi connectivity index (χ0v) is 22.7. The normalized spacial score (nSPS) is 12.4. The number of carboxylic acid groups (broad SMARTS) is 1. The Morgan fingerprint density at radius 3 is 1.59 bits per heavy atom. The summed E-state index contributed by atoms with van der Waals surface area (Å²) in [4.78, 5) is 36.0. The van der Waals surface area contributed by atoms with Gasteiger partial charge in [0.15, 0.2) is 0 Å². The molecule has 0 aliphatic carbocycles. The summed E-state index contributed by atoms with van der Waals surface area (Å²) in [7, 11) is 0. The Labute approximate surface area is 227 Å². The summed E-state index contributed by atoms with van der Waals surface area (Å²) < 4.78 is 23.5. The molecule has 3 aromatic carbocycles. The number of esters is 2. The quantitative estimate of drug-likeness (QED) is 0.156. The molecule has 0 aromatic heterocycles. The van der Waals surface area contributed by atoms with E-state index in [2.05, 4.69) is 13.2 Å². The summed E-state index contributed by atoms with van der Waals surface area (Å²) >= 11 is 0. The average Bonchev–Trinajstić information content (AvgIpc) is 2.92. The molecule has 0 aliphatic rings. The van der Waals surface area contributed by atoms with Crippen LogP contribution in [-0.2, 0) is 19.1 Å². The van der Waals surface area contributed by atoms with Gasteiger partial charge in [-0.3, -0.25) is 0 Å². The molecule has 0 spiro atoms. The van der Waals surface area contributed by atoms with Crippen molar-refractivity contribution in [3.63, 3.8) is 0 Å². The van der Waals surface area contributed by atoms with Crippen LogP contribution in [0.15, 0.2) is 66.8 Å². The highest BCUT2D eigenvalue weighted by Crippen LogP contribution is 2.43. The van der Waals surface area contributed by atoms with Crippen LogP contribution in [0, 0.1) is 0 Å². The smallest absolute Gasteiger partial charge is 0.335 e. The summed E-state index contributed by atoms with van der Waals surface area (Å²) in [6, 6.07) is 12.1. The fraction of sp³-hybridized carbons (Fsp3) is 0.323. The maximum atomic E-state index is 12.1. The molecule has 0 amide bonds. The number of benzene rings is 3. The minimum atomic E-state index is -1.09. The first-order valence-electron chi connectivity index (χ1n) is 12.8. The van der Waals surface area contributed by atoms with Crippen molar-refractivity contribution in [3.05, 3.63) is 72.3 Å². The van der Waals surface area contributed by atoms with E-state index in [0.717, 1.165) is 5.39 Å². The number of hydrogen-bond acceptors (Lipinski definition) is 7. The molecule has 1 N–H and O–H groups in total. The third kappa shape index (κ3) is 6.96. The number of hydrogen-bond donors (Lipinski definition) is 1. The number of ether oxygens (including phenoxy) is 4. The third-order valence-corrected chi connectivity index (χ3v) is 6.15. The molecule has 0 saturated heterocycles. The van der Waals surface area contributed by atoms with Gasteiger partial charge in [-0.15, -0.1) is 0 Å². The van der Waals surface area contributed by atoms with Crippen molar-refractivity contribution in [2.75, 3.05) is 13.2 Å². The van der Waals surface area contributed by atoms with Crippen molar-refractivity contribution in [2.45, 2.75) is 52.7 Å². The van der Waals surface area contributed by atoms with Gasteiger partial charge in [0.1, 0.15) is 36.9 Å². The highest BCUT2D eigenvalue weighted by Gasteiger charge is 2.22. The number of fused-ring (bicyclic) bond motifs is 2. The predicted molar refractivity (Wildman–Crippen MR) is 149 cm³/mol. The van der Waals surface area contributed by atoms with Crippen LogP contribution in [-0.4, -0.2) is 48.4 Å². The predicted octanol–water partition coefficient (Wildman–Crippen LogP) is 6.24. The van der Waals surface area contributed by atoms with Gasteiger partial charge < -0.3 is 24.1 Å². The number of carbonyl (C=O) groups excluding carboxylic acids is 2. The lowest BCUT2D eigenvalue weighted by Crippen LogP contribution is -2.25. The summed E-state index contributed by atoms with van der Waals surface area (Å²) in [5.74, 6) is -1.13. The number of aromatic carboxylic acids is 1. The molecular weight excluding hydrogens is 500 g/mol. The van der Waals surface area contributed by atoms with E-state index in [9.17, 15) is 19.5 Å². The molecule has 206 valence electrons. The van der Waals surface area contributed by atoms with Crippen molar-refractivity contribution >= 4 is 39.5 Å². The van der Waals surface area contributed by atoms with E-state index in [1.807, 2.05) is 38.1 Å². The molecule has 3 aromatic rings. The lowest BCUT2D eigenvalue weighted by molar-refractivity contribution is -0.146. The molecule has 8 nitrogen and oxygen atoms in total. The van der Waals surface area contributed by atoms with Crippen LogP contribution in [0.1, 0.15) is 50.9 Å². The topological polar surface area (TPSA) is 108 Å². The highest BCUT2D eigenvalue weighted by molar-refractivity contribution is 6.12. The zero-order chi connectivity index (χ0) is 28.7. The van der Waals surface area contributed by atoms with Crippen molar-refractivity contribution in [1.82, 2.24) is 0 Å². The van der Waals surface area contributed by atoms with Gasteiger partial charge in [0.2, 0.25) is 0 Å². The lowest BCUT2D eigenvalue weighted by Gasteiger charge is -2.22. The first kappa shape index (κ1) is 29.2. The minimum absolute atomic E-state index is 0.0564. The number of rotatable bonds is 13. The third-order valence-electron chi connectivity index (χ3n) is 6.15. The van der Waals surface area contributed by atoms with Gasteiger partial charge in [0.05, 0.1) is 5.56 Å². The average molecular weight is 535 g/mol. The molecule has 0 fully saturated rings. The van der Waals surface area contributed by atoms with Crippen molar-refractivity contribution < 1.29 is 38.4 Å². The van der Waals surface area contributed by atoms with E-state index in [1.165, 1.54) is 12.1 Å². The minimum Gasteiger partial charge on any atom is -0.488 e. The first-order chi connectivity index (χ1) is 18.6. The van der Waals surface area contributed by atoms with Gasteiger partial charge in [0, 0.05) is 32.7 Å². The Bertz CT molecular complexity index is 1420. The Morgan fingerprint density at radius 2 is 1.18 bits per heavy atom. The first-order valence-corrected chi connectivity index (χ1v) is 12.8. The molecule has 0 saturated carbocycles. The van der Waals surface area contributed by atoms with Crippen molar-refractivity contribution in [1.29, 1.82) is 0 Å². The van der Waals surface area contributed by atoms with Gasteiger partial charge in [-0.1, -0.05) is 51.3 Å².